The first kappa shape index (κ1) is 10.2. The van der Waals surface area contributed by atoms with E-state index in [1.807, 2.05) is 0 Å². The van der Waals surface area contributed by atoms with Crippen LogP contribution in [0.3, 0.4) is 0 Å². The van der Waals surface area contributed by atoms with Crippen LogP contribution in [0.4, 0.5) is 8.78 Å². The Labute approximate surface area is 87.0 Å². The molecule has 1 aromatic rings. The van der Waals surface area contributed by atoms with E-state index in [1.165, 1.54) is 18.3 Å². The first-order valence-electron chi connectivity index (χ1n) is 4.94. The van der Waals surface area contributed by atoms with Crippen LogP contribution in [0, 0.1) is 11.6 Å². The Balaban J connectivity index is 2.09. The van der Waals surface area contributed by atoms with Gasteiger partial charge in [-0.25, -0.2) is 8.78 Å². The van der Waals surface area contributed by atoms with E-state index < -0.39 is 11.6 Å². The van der Waals surface area contributed by atoms with Crippen molar-refractivity contribution in [2.24, 2.45) is 4.99 Å². The lowest BCUT2D eigenvalue weighted by atomic mass is 10.2. The van der Waals surface area contributed by atoms with Gasteiger partial charge >= 0.3 is 0 Å². The molecular formula is C11H12F2N2. The van der Waals surface area contributed by atoms with Gasteiger partial charge in [0.05, 0.1) is 6.04 Å². The molecule has 1 N–H and O–H groups in total. The molecule has 1 fully saturated rings. The van der Waals surface area contributed by atoms with Crippen LogP contribution in [0.1, 0.15) is 12.0 Å². The highest BCUT2D eigenvalue weighted by Gasteiger charge is 2.11. The Morgan fingerprint density at radius 1 is 1.27 bits per heavy atom. The first-order valence-corrected chi connectivity index (χ1v) is 4.94. The minimum atomic E-state index is -0.569. The predicted molar refractivity (Wildman–Crippen MR) is 55.2 cm³/mol. The van der Waals surface area contributed by atoms with Gasteiger partial charge in [0.25, 0.3) is 0 Å². The zero-order valence-electron chi connectivity index (χ0n) is 8.21. The molecule has 1 heterocycles. The molecule has 0 spiro atoms. The van der Waals surface area contributed by atoms with Crippen LogP contribution in [0.25, 0.3) is 0 Å². The van der Waals surface area contributed by atoms with Gasteiger partial charge in [-0.15, -0.1) is 0 Å². The molecule has 0 saturated carbocycles. The van der Waals surface area contributed by atoms with Gasteiger partial charge in [-0.2, -0.15) is 0 Å². The molecule has 2 rings (SSSR count). The van der Waals surface area contributed by atoms with Gasteiger partial charge in [0.15, 0.2) is 0 Å². The fourth-order valence-corrected chi connectivity index (χ4v) is 1.61. The highest BCUT2D eigenvalue weighted by atomic mass is 19.1. The molecule has 0 aromatic heterocycles. The van der Waals surface area contributed by atoms with Crippen LogP contribution in [0.5, 0.6) is 0 Å². The fourth-order valence-electron chi connectivity index (χ4n) is 1.61. The minimum absolute atomic E-state index is 0.233. The van der Waals surface area contributed by atoms with Crippen molar-refractivity contribution in [2.75, 3.05) is 13.1 Å². The van der Waals surface area contributed by atoms with Crippen LogP contribution in [-0.4, -0.2) is 25.3 Å². The highest BCUT2D eigenvalue weighted by Crippen LogP contribution is 2.07. The molecule has 80 valence electrons. The Morgan fingerprint density at radius 3 is 2.60 bits per heavy atom. The molecule has 1 aliphatic heterocycles. The molecule has 1 atom stereocenters. The molecule has 15 heavy (non-hydrogen) atoms. The smallest absolute Gasteiger partial charge is 0.126 e. The summed E-state index contributed by atoms with van der Waals surface area (Å²) in [6, 6.07) is 3.63. The maximum Gasteiger partial charge on any atom is 0.126 e. The van der Waals surface area contributed by atoms with Crippen LogP contribution < -0.4 is 5.32 Å². The molecule has 0 radical (unpaired) electrons. The van der Waals surface area contributed by atoms with Gasteiger partial charge in [0.1, 0.15) is 11.6 Å². The van der Waals surface area contributed by atoms with Gasteiger partial charge in [-0.05, 0) is 30.7 Å². The third kappa shape index (κ3) is 2.83. The van der Waals surface area contributed by atoms with E-state index >= 15 is 0 Å². The Hall–Kier alpha value is -1.29. The van der Waals surface area contributed by atoms with Crippen LogP contribution >= 0.6 is 0 Å². The largest absolute Gasteiger partial charge is 0.315 e. The summed E-state index contributed by atoms with van der Waals surface area (Å²) in [5.41, 5.74) is 0.472. The monoisotopic (exact) mass is 210 g/mol. The minimum Gasteiger partial charge on any atom is -0.315 e. The Bertz CT molecular complexity index is 351. The van der Waals surface area contributed by atoms with Gasteiger partial charge in [0.2, 0.25) is 0 Å². The van der Waals surface area contributed by atoms with Crippen molar-refractivity contribution in [2.45, 2.75) is 12.5 Å². The van der Waals surface area contributed by atoms with E-state index in [9.17, 15) is 8.78 Å². The summed E-state index contributed by atoms with van der Waals surface area (Å²) in [4.78, 5) is 4.25. The average molecular weight is 210 g/mol. The Kier molecular flexibility index (Phi) is 3.06. The predicted octanol–water partition coefficient (Wildman–Crippen LogP) is 1.75. The fraction of sp³-hybridized carbons (Fsp3) is 0.364. The summed E-state index contributed by atoms with van der Waals surface area (Å²) in [6.07, 6.45) is 2.51. The van der Waals surface area contributed by atoms with Crippen molar-refractivity contribution in [1.82, 2.24) is 5.32 Å². The third-order valence-electron chi connectivity index (χ3n) is 2.35. The molecule has 0 bridgehead atoms. The highest BCUT2D eigenvalue weighted by molar-refractivity contribution is 5.79. The molecule has 1 saturated heterocycles. The summed E-state index contributed by atoms with van der Waals surface area (Å²) in [6.45, 7) is 1.80. The first-order chi connectivity index (χ1) is 7.24. The van der Waals surface area contributed by atoms with E-state index in [0.29, 0.717) is 5.56 Å². The Morgan fingerprint density at radius 2 is 2.00 bits per heavy atom. The lowest BCUT2D eigenvalue weighted by Gasteiger charge is -2.00. The number of benzene rings is 1. The number of hydrogen-bond acceptors (Lipinski definition) is 2. The topological polar surface area (TPSA) is 24.4 Å². The molecule has 0 aliphatic carbocycles. The molecular weight excluding hydrogens is 198 g/mol. The van der Waals surface area contributed by atoms with E-state index in [1.54, 1.807) is 0 Å². The van der Waals surface area contributed by atoms with Crippen molar-refractivity contribution in [3.63, 3.8) is 0 Å². The van der Waals surface area contributed by atoms with E-state index in [0.717, 1.165) is 25.6 Å². The third-order valence-corrected chi connectivity index (χ3v) is 2.35. The molecule has 0 amide bonds. The summed E-state index contributed by atoms with van der Waals surface area (Å²) in [5, 5.41) is 3.17. The van der Waals surface area contributed by atoms with E-state index in [4.69, 9.17) is 0 Å². The molecule has 1 aliphatic rings. The van der Waals surface area contributed by atoms with Crippen LogP contribution in [0.15, 0.2) is 23.2 Å². The second-order valence-electron chi connectivity index (χ2n) is 3.63. The lowest BCUT2D eigenvalue weighted by molar-refractivity contribution is 0.583. The van der Waals surface area contributed by atoms with E-state index in [-0.39, 0.29) is 6.04 Å². The molecule has 1 unspecified atom stereocenters. The van der Waals surface area contributed by atoms with Crippen molar-refractivity contribution in [3.05, 3.63) is 35.4 Å². The number of hydrogen-bond donors (Lipinski definition) is 1. The maximum absolute atomic E-state index is 12.8. The molecule has 4 heteroatoms. The van der Waals surface area contributed by atoms with Crippen LogP contribution in [-0.2, 0) is 0 Å². The average Bonchev–Trinajstić information content (AvgIpc) is 2.65. The quantitative estimate of drug-likeness (QED) is 0.739. The van der Waals surface area contributed by atoms with Gasteiger partial charge in [0, 0.05) is 18.8 Å². The van der Waals surface area contributed by atoms with Crippen molar-refractivity contribution in [1.29, 1.82) is 0 Å². The molecule has 1 aromatic carbocycles. The summed E-state index contributed by atoms with van der Waals surface area (Å²) >= 11 is 0. The van der Waals surface area contributed by atoms with Crippen molar-refractivity contribution < 1.29 is 8.78 Å². The maximum atomic E-state index is 12.8. The summed E-state index contributed by atoms with van der Waals surface area (Å²) in [5.74, 6) is -1.14. The number of halogens is 2. The zero-order valence-corrected chi connectivity index (χ0v) is 8.21. The SMILES string of the molecule is Fc1cc(F)cc(C=NC2CCNC2)c1. The second-order valence-corrected chi connectivity index (χ2v) is 3.63. The number of aliphatic imine (C=N–C) groups is 1. The summed E-state index contributed by atoms with van der Waals surface area (Å²) < 4.78 is 25.6. The lowest BCUT2D eigenvalue weighted by Crippen LogP contribution is -2.11. The zero-order chi connectivity index (χ0) is 10.7. The van der Waals surface area contributed by atoms with Gasteiger partial charge in [-0.3, -0.25) is 4.99 Å². The normalized spacial score (nSPS) is 21.3. The van der Waals surface area contributed by atoms with Gasteiger partial charge in [-0.1, -0.05) is 0 Å². The van der Waals surface area contributed by atoms with E-state index in [2.05, 4.69) is 10.3 Å². The molecule has 2 nitrogen and oxygen atoms in total. The number of nitrogens with zero attached hydrogens (tertiary/aromatic N) is 1. The van der Waals surface area contributed by atoms with Crippen molar-refractivity contribution in [3.8, 4) is 0 Å². The second kappa shape index (κ2) is 4.49. The summed E-state index contributed by atoms with van der Waals surface area (Å²) in [7, 11) is 0. The van der Waals surface area contributed by atoms with Gasteiger partial charge < -0.3 is 5.32 Å². The number of nitrogens with one attached hydrogen (secondary N) is 1. The van der Waals surface area contributed by atoms with Crippen LogP contribution in [0.2, 0.25) is 0 Å². The van der Waals surface area contributed by atoms with Crippen molar-refractivity contribution >= 4 is 6.21 Å². The standard InChI is InChI=1S/C11H12F2N2/c12-9-3-8(4-10(13)5-9)6-15-11-1-2-14-7-11/h3-6,11,14H,1-2,7H2. The number of rotatable bonds is 2.